The summed E-state index contributed by atoms with van der Waals surface area (Å²) >= 11 is 0. The standard InChI is InChI=1S/C15H30O4P/c1-6-14(7-2)19-20(16)18-10-13-9-11(4)12(5)15(13)17-8-3/h11-15H,6-10H2,1-5H3/q+1/t11-,12+,13-,15+/m1/s1. The van der Waals surface area contributed by atoms with Gasteiger partial charge in [0.1, 0.15) is 12.7 Å². The van der Waals surface area contributed by atoms with Crippen LogP contribution in [-0.2, 0) is 18.3 Å². The highest BCUT2D eigenvalue weighted by Gasteiger charge is 2.41. The average molecular weight is 305 g/mol. The quantitative estimate of drug-likeness (QED) is 0.586. The molecule has 1 rings (SSSR count). The van der Waals surface area contributed by atoms with Gasteiger partial charge in [-0.05, 0) is 38.0 Å². The Hall–Kier alpha value is -0.0200. The topological polar surface area (TPSA) is 44.8 Å². The highest BCUT2D eigenvalue weighted by Crippen LogP contribution is 2.40. The Bertz CT molecular complexity index is 294. The maximum atomic E-state index is 11.8. The lowest BCUT2D eigenvalue weighted by Gasteiger charge is -2.21. The van der Waals surface area contributed by atoms with Gasteiger partial charge < -0.3 is 4.74 Å². The fraction of sp³-hybridized carbons (Fsp3) is 1.00. The van der Waals surface area contributed by atoms with Gasteiger partial charge in [0.25, 0.3) is 0 Å². The largest absolute Gasteiger partial charge is 0.697 e. The summed E-state index contributed by atoms with van der Waals surface area (Å²) in [7, 11) is -2.01. The van der Waals surface area contributed by atoms with Gasteiger partial charge in [0.05, 0.1) is 6.10 Å². The molecule has 1 unspecified atom stereocenters. The first-order valence-corrected chi connectivity index (χ1v) is 9.01. The van der Waals surface area contributed by atoms with Crippen LogP contribution in [0, 0.1) is 17.8 Å². The molecule has 118 valence electrons. The number of hydrogen-bond donors (Lipinski definition) is 0. The third-order valence-corrected chi connectivity index (χ3v) is 5.28. The second kappa shape index (κ2) is 9.09. The Balaban J connectivity index is 2.41. The molecule has 0 aromatic heterocycles. The van der Waals surface area contributed by atoms with Crippen LogP contribution in [0.4, 0.5) is 0 Å². The second-order valence-corrected chi connectivity index (χ2v) is 6.73. The van der Waals surface area contributed by atoms with E-state index in [0.29, 0.717) is 31.0 Å². The molecule has 0 aromatic carbocycles. The van der Waals surface area contributed by atoms with Crippen molar-refractivity contribution in [2.24, 2.45) is 17.8 Å². The zero-order valence-electron chi connectivity index (χ0n) is 13.5. The molecule has 0 N–H and O–H groups in total. The van der Waals surface area contributed by atoms with E-state index in [-0.39, 0.29) is 12.2 Å². The zero-order chi connectivity index (χ0) is 15.1. The molecule has 4 nitrogen and oxygen atoms in total. The molecule has 1 aliphatic rings. The summed E-state index contributed by atoms with van der Waals surface area (Å²) in [6.45, 7) is 11.7. The summed E-state index contributed by atoms with van der Waals surface area (Å²) < 4.78 is 28.5. The lowest BCUT2D eigenvalue weighted by atomic mass is 9.99. The predicted molar refractivity (Wildman–Crippen MR) is 80.9 cm³/mol. The van der Waals surface area contributed by atoms with Crippen LogP contribution in [0.1, 0.15) is 53.9 Å². The number of rotatable bonds is 9. The summed E-state index contributed by atoms with van der Waals surface area (Å²) in [5.74, 6) is 1.48. The van der Waals surface area contributed by atoms with Gasteiger partial charge in [-0.25, -0.2) is 0 Å². The molecule has 0 bridgehead atoms. The molecule has 0 heterocycles. The van der Waals surface area contributed by atoms with E-state index in [0.717, 1.165) is 19.3 Å². The Morgan fingerprint density at radius 1 is 1.20 bits per heavy atom. The summed E-state index contributed by atoms with van der Waals surface area (Å²) in [5, 5.41) is 0. The van der Waals surface area contributed by atoms with Crippen molar-refractivity contribution < 1.29 is 18.3 Å². The van der Waals surface area contributed by atoms with E-state index in [2.05, 4.69) is 13.8 Å². The lowest BCUT2D eigenvalue weighted by Crippen LogP contribution is -2.27. The molecule has 0 radical (unpaired) electrons. The minimum absolute atomic E-state index is 0.0303. The minimum Gasteiger partial charge on any atom is -0.378 e. The van der Waals surface area contributed by atoms with Crippen molar-refractivity contribution in [2.45, 2.75) is 66.1 Å². The molecule has 20 heavy (non-hydrogen) atoms. The molecule has 1 aliphatic carbocycles. The van der Waals surface area contributed by atoms with E-state index >= 15 is 0 Å². The predicted octanol–water partition coefficient (Wildman–Crippen LogP) is 4.56. The van der Waals surface area contributed by atoms with E-state index in [4.69, 9.17) is 13.8 Å². The first kappa shape index (κ1) is 18.0. The number of ether oxygens (including phenoxy) is 1. The highest BCUT2D eigenvalue weighted by atomic mass is 31.1. The van der Waals surface area contributed by atoms with Crippen molar-refractivity contribution in [3.8, 4) is 0 Å². The van der Waals surface area contributed by atoms with Gasteiger partial charge in [0.15, 0.2) is 0 Å². The third kappa shape index (κ3) is 5.07. The Morgan fingerprint density at radius 2 is 1.85 bits per heavy atom. The third-order valence-electron chi connectivity index (χ3n) is 4.45. The van der Waals surface area contributed by atoms with Crippen LogP contribution in [0.15, 0.2) is 0 Å². The second-order valence-electron chi connectivity index (χ2n) is 5.82. The SMILES string of the molecule is CCO[C@@H]1[C@@H](CO[P+](=O)OC(CC)CC)C[C@@H](C)[C@@H]1C. The van der Waals surface area contributed by atoms with Crippen LogP contribution in [0.3, 0.4) is 0 Å². The Labute approximate surface area is 124 Å². The van der Waals surface area contributed by atoms with Gasteiger partial charge in [-0.1, -0.05) is 27.7 Å². The van der Waals surface area contributed by atoms with Crippen molar-refractivity contribution in [1.82, 2.24) is 0 Å². The van der Waals surface area contributed by atoms with Gasteiger partial charge in [0, 0.05) is 17.1 Å². The fourth-order valence-electron chi connectivity index (χ4n) is 2.97. The van der Waals surface area contributed by atoms with Crippen molar-refractivity contribution in [3.05, 3.63) is 0 Å². The normalized spacial score (nSPS) is 31.0. The first-order chi connectivity index (χ1) is 9.53. The molecule has 5 heteroatoms. The van der Waals surface area contributed by atoms with Gasteiger partial charge in [-0.2, -0.15) is 0 Å². The summed E-state index contributed by atoms with van der Waals surface area (Å²) in [5.41, 5.74) is 0. The number of hydrogen-bond acceptors (Lipinski definition) is 4. The molecular formula is C15H30O4P+. The molecule has 1 saturated carbocycles. The molecule has 0 amide bonds. The Morgan fingerprint density at radius 3 is 2.40 bits per heavy atom. The monoisotopic (exact) mass is 305 g/mol. The van der Waals surface area contributed by atoms with Crippen molar-refractivity contribution in [3.63, 3.8) is 0 Å². The van der Waals surface area contributed by atoms with Gasteiger partial charge >= 0.3 is 8.25 Å². The van der Waals surface area contributed by atoms with E-state index in [1.165, 1.54) is 0 Å². The minimum atomic E-state index is -2.01. The van der Waals surface area contributed by atoms with Crippen LogP contribution >= 0.6 is 8.25 Å². The van der Waals surface area contributed by atoms with Gasteiger partial charge in [0.2, 0.25) is 0 Å². The van der Waals surface area contributed by atoms with Crippen LogP contribution in [-0.4, -0.2) is 25.4 Å². The molecule has 0 saturated heterocycles. The first-order valence-electron chi connectivity index (χ1n) is 7.91. The average Bonchev–Trinajstić information content (AvgIpc) is 2.70. The summed E-state index contributed by atoms with van der Waals surface area (Å²) in [4.78, 5) is 0. The lowest BCUT2D eigenvalue weighted by molar-refractivity contribution is -0.00502. The van der Waals surface area contributed by atoms with E-state index in [1.54, 1.807) is 0 Å². The smallest absolute Gasteiger partial charge is 0.378 e. The fourth-order valence-corrected chi connectivity index (χ4v) is 3.88. The van der Waals surface area contributed by atoms with E-state index < -0.39 is 8.25 Å². The molecule has 0 spiro atoms. The molecule has 0 aromatic rings. The maximum Gasteiger partial charge on any atom is 0.697 e. The molecule has 1 fully saturated rings. The Kier molecular flexibility index (Phi) is 8.20. The van der Waals surface area contributed by atoms with E-state index in [9.17, 15) is 4.57 Å². The highest BCUT2D eigenvalue weighted by molar-refractivity contribution is 7.33. The van der Waals surface area contributed by atoms with Crippen LogP contribution < -0.4 is 0 Å². The van der Waals surface area contributed by atoms with Crippen molar-refractivity contribution in [1.29, 1.82) is 0 Å². The van der Waals surface area contributed by atoms with Crippen LogP contribution in [0.25, 0.3) is 0 Å². The van der Waals surface area contributed by atoms with Gasteiger partial charge in [-0.15, -0.1) is 9.05 Å². The maximum absolute atomic E-state index is 11.8. The van der Waals surface area contributed by atoms with Crippen LogP contribution in [0.5, 0.6) is 0 Å². The molecule has 0 aliphatic heterocycles. The van der Waals surface area contributed by atoms with Crippen molar-refractivity contribution >= 4 is 8.25 Å². The van der Waals surface area contributed by atoms with Crippen LogP contribution in [0.2, 0.25) is 0 Å². The molecular weight excluding hydrogens is 275 g/mol. The van der Waals surface area contributed by atoms with Crippen molar-refractivity contribution in [2.75, 3.05) is 13.2 Å². The summed E-state index contributed by atoms with van der Waals surface area (Å²) in [6.07, 6.45) is 3.04. The van der Waals surface area contributed by atoms with E-state index in [1.807, 2.05) is 20.8 Å². The van der Waals surface area contributed by atoms with Gasteiger partial charge in [-0.3, -0.25) is 0 Å². The zero-order valence-corrected chi connectivity index (χ0v) is 14.4. The summed E-state index contributed by atoms with van der Waals surface area (Å²) in [6, 6.07) is 0. The molecule has 5 atom stereocenters.